The monoisotopic (exact) mass is 256 g/mol. The molecule has 0 bridgehead atoms. The number of nitrogens with one attached hydrogen (secondary N) is 1. The van der Waals surface area contributed by atoms with Crippen molar-refractivity contribution in [3.8, 4) is 17.9 Å². The number of hydrogen-bond acceptors (Lipinski definition) is 3. The van der Waals surface area contributed by atoms with Crippen LogP contribution in [-0.2, 0) is 11.3 Å². The molecule has 1 amide bonds. The molecule has 1 N–H and O–H groups in total. The lowest BCUT2D eigenvalue weighted by atomic mass is 10.1. The smallest absolute Gasteiger partial charge is 0.407 e. The Hall–Kier alpha value is -2.46. The molecule has 4 heteroatoms. The van der Waals surface area contributed by atoms with E-state index in [1.54, 1.807) is 12.1 Å². The van der Waals surface area contributed by atoms with Gasteiger partial charge in [-0.3, -0.25) is 0 Å². The predicted octanol–water partition coefficient (Wildman–Crippen LogP) is 2.59. The van der Waals surface area contributed by atoms with Crippen molar-refractivity contribution in [1.82, 2.24) is 5.32 Å². The van der Waals surface area contributed by atoms with Crippen LogP contribution in [0.15, 0.2) is 24.3 Å². The van der Waals surface area contributed by atoms with Gasteiger partial charge in [-0.1, -0.05) is 18.1 Å². The van der Waals surface area contributed by atoms with E-state index in [4.69, 9.17) is 10.00 Å². The summed E-state index contributed by atoms with van der Waals surface area (Å²) in [6.45, 7) is 5.79. The third-order valence-electron chi connectivity index (χ3n) is 2.03. The molecule has 1 aromatic carbocycles. The molecule has 0 unspecified atom stereocenters. The van der Waals surface area contributed by atoms with Crippen molar-refractivity contribution in [2.24, 2.45) is 0 Å². The number of nitriles is 1. The highest BCUT2D eigenvalue weighted by Crippen LogP contribution is 2.08. The lowest BCUT2D eigenvalue weighted by Crippen LogP contribution is -2.32. The van der Waals surface area contributed by atoms with Crippen molar-refractivity contribution < 1.29 is 9.53 Å². The van der Waals surface area contributed by atoms with Gasteiger partial charge in [-0.25, -0.2) is 4.79 Å². The molecule has 0 spiro atoms. The van der Waals surface area contributed by atoms with Gasteiger partial charge in [0, 0.05) is 18.0 Å². The fourth-order valence-electron chi connectivity index (χ4n) is 1.35. The molecule has 0 aliphatic heterocycles. The number of nitrogens with zero attached hydrogens (tertiary/aromatic N) is 1. The lowest BCUT2D eigenvalue weighted by molar-refractivity contribution is 0.0523. The van der Waals surface area contributed by atoms with Gasteiger partial charge in [-0.2, -0.15) is 5.26 Å². The third-order valence-corrected chi connectivity index (χ3v) is 2.03. The molecule has 1 rings (SSSR count). The molecule has 98 valence electrons. The molecule has 0 atom stereocenters. The van der Waals surface area contributed by atoms with Crippen LogP contribution >= 0.6 is 0 Å². The highest BCUT2D eigenvalue weighted by atomic mass is 16.6. The number of rotatable bonds is 2. The molecular formula is C15H16N2O2. The van der Waals surface area contributed by atoms with Crippen LogP contribution in [0.1, 0.15) is 31.9 Å². The number of amides is 1. The summed E-state index contributed by atoms with van der Waals surface area (Å²) >= 11 is 0. The Morgan fingerprint density at radius 3 is 2.79 bits per heavy atom. The fraction of sp³-hybridized carbons (Fsp3) is 0.333. The van der Waals surface area contributed by atoms with Gasteiger partial charge < -0.3 is 10.1 Å². The van der Waals surface area contributed by atoms with Crippen LogP contribution < -0.4 is 5.32 Å². The quantitative estimate of drug-likeness (QED) is 0.827. The molecule has 0 aliphatic rings. The summed E-state index contributed by atoms with van der Waals surface area (Å²) < 4.78 is 5.13. The molecule has 0 aliphatic carbocycles. The Morgan fingerprint density at radius 2 is 2.16 bits per heavy atom. The predicted molar refractivity (Wildman–Crippen MR) is 72.0 cm³/mol. The molecule has 0 fully saturated rings. The van der Waals surface area contributed by atoms with E-state index in [0.717, 1.165) is 11.1 Å². The van der Waals surface area contributed by atoms with Crippen molar-refractivity contribution in [2.45, 2.75) is 32.9 Å². The van der Waals surface area contributed by atoms with Crippen LogP contribution in [0.5, 0.6) is 0 Å². The largest absolute Gasteiger partial charge is 0.444 e. The second-order valence-electron chi connectivity index (χ2n) is 4.92. The third kappa shape index (κ3) is 6.14. The number of carbonyl (C=O) groups excluding carboxylic acids is 1. The maximum atomic E-state index is 11.5. The molecule has 0 saturated carbocycles. The average Bonchev–Trinajstić information content (AvgIpc) is 2.32. The normalized spacial score (nSPS) is 9.79. The zero-order chi connectivity index (χ0) is 14.3. The zero-order valence-corrected chi connectivity index (χ0v) is 11.3. The van der Waals surface area contributed by atoms with Gasteiger partial charge in [0.1, 0.15) is 5.60 Å². The molecule has 0 aromatic heterocycles. The van der Waals surface area contributed by atoms with Crippen molar-refractivity contribution in [2.75, 3.05) is 0 Å². The molecular weight excluding hydrogens is 240 g/mol. The number of carbonyl (C=O) groups is 1. The summed E-state index contributed by atoms with van der Waals surface area (Å²) in [6, 6.07) is 9.09. The summed E-state index contributed by atoms with van der Waals surface area (Å²) in [5.74, 6) is 5.04. The fourth-order valence-corrected chi connectivity index (χ4v) is 1.35. The first-order chi connectivity index (χ1) is 8.90. The van der Waals surface area contributed by atoms with Crippen molar-refractivity contribution in [3.05, 3.63) is 35.4 Å². The first kappa shape index (κ1) is 14.6. The standard InChI is InChI=1S/C15H16N2O2/c1-15(2,3)19-14(18)17-11-13-7-4-6-12(10-13)8-5-9-16/h4,6-7,10H,11H2,1-3H3,(H,17,18). The van der Waals surface area contributed by atoms with Crippen LogP contribution in [0.4, 0.5) is 4.79 Å². The number of benzene rings is 1. The van der Waals surface area contributed by atoms with E-state index in [-0.39, 0.29) is 0 Å². The summed E-state index contributed by atoms with van der Waals surface area (Å²) in [5, 5.41) is 11.0. The maximum absolute atomic E-state index is 11.5. The van der Waals surface area contributed by atoms with Gasteiger partial charge in [-0.05, 0) is 38.5 Å². The SMILES string of the molecule is CC(C)(C)OC(=O)NCc1cccc(C#CC#N)c1. The van der Waals surface area contributed by atoms with Gasteiger partial charge in [0.25, 0.3) is 0 Å². The number of hydrogen-bond donors (Lipinski definition) is 1. The van der Waals surface area contributed by atoms with E-state index in [0.29, 0.717) is 6.54 Å². The summed E-state index contributed by atoms with van der Waals surface area (Å²) in [6.07, 6.45) is -0.457. The minimum absolute atomic E-state index is 0.358. The van der Waals surface area contributed by atoms with E-state index in [9.17, 15) is 4.79 Å². The first-order valence-electron chi connectivity index (χ1n) is 5.86. The summed E-state index contributed by atoms with van der Waals surface area (Å²) in [5.41, 5.74) is 1.13. The average molecular weight is 256 g/mol. The summed E-state index contributed by atoms with van der Waals surface area (Å²) in [4.78, 5) is 11.5. The van der Waals surface area contributed by atoms with E-state index in [1.807, 2.05) is 39.0 Å². The highest BCUT2D eigenvalue weighted by molar-refractivity contribution is 5.67. The Morgan fingerprint density at radius 1 is 1.42 bits per heavy atom. The Bertz CT molecular complexity index is 554. The number of ether oxygens (including phenoxy) is 1. The molecule has 0 radical (unpaired) electrons. The minimum atomic E-state index is -0.510. The van der Waals surface area contributed by atoms with Crippen molar-refractivity contribution in [3.63, 3.8) is 0 Å². The van der Waals surface area contributed by atoms with Gasteiger partial charge in [-0.15, -0.1) is 0 Å². The Kier molecular flexibility index (Phi) is 4.97. The second kappa shape index (κ2) is 6.47. The maximum Gasteiger partial charge on any atom is 0.407 e. The second-order valence-corrected chi connectivity index (χ2v) is 4.92. The Balaban J connectivity index is 2.59. The minimum Gasteiger partial charge on any atom is -0.444 e. The van der Waals surface area contributed by atoms with E-state index >= 15 is 0 Å². The molecule has 0 saturated heterocycles. The van der Waals surface area contributed by atoms with E-state index in [2.05, 4.69) is 17.2 Å². The van der Waals surface area contributed by atoms with Gasteiger partial charge in [0.05, 0.1) is 0 Å². The topological polar surface area (TPSA) is 62.1 Å². The Labute approximate surface area is 113 Å². The van der Waals surface area contributed by atoms with Crippen molar-refractivity contribution in [1.29, 1.82) is 5.26 Å². The van der Waals surface area contributed by atoms with Crippen LogP contribution in [-0.4, -0.2) is 11.7 Å². The van der Waals surface area contributed by atoms with Gasteiger partial charge in [0.2, 0.25) is 0 Å². The van der Waals surface area contributed by atoms with E-state index in [1.165, 1.54) is 0 Å². The zero-order valence-electron chi connectivity index (χ0n) is 11.3. The number of alkyl carbamates (subject to hydrolysis) is 1. The van der Waals surface area contributed by atoms with Crippen LogP contribution in [0.3, 0.4) is 0 Å². The molecule has 1 aromatic rings. The van der Waals surface area contributed by atoms with E-state index < -0.39 is 11.7 Å². The van der Waals surface area contributed by atoms with Gasteiger partial charge >= 0.3 is 6.09 Å². The van der Waals surface area contributed by atoms with Crippen LogP contribution in [0.2, 0.25) is 0 Å². The molecule has 4 nitrogen and oxygen atoms in total. The van der Waals surface area contributed by atoms with Crippen molar-refractivity contribution >= 4 is 6.09 Å². The van der Waals surface area contributed by atoms with Crippen LogP contribution in [0.25, 0.3) is 0 Å². The molecule has 0 heterocycles. The lowest BCUT2D eigenvalue weighted by Gasteiger charge is -2.19. The first-order valence-corrected chi connectivity index (χ1v) is 5.86. The summed E-state index contributed by atoms with van der Waals surface area (Å²) in [7, 11) is 0. The molecule has 19 heavy (non-hydrogen) atoms. The van der Waals surface area contributed by atoms with Gasteiger partial charge in [0.15, 0.2) is 6.07 Å². The van der Waals surface area contributed by atoms with Crippen LogP contribution in [0, 0.1) is 23.2 Å². The highest BCUT2D eigenvalue weighted by Gasteiger charge is 2.15.